The summed E-state index contributed by atoms with van der Waals surface area (Å²) in [5.41, 5.74) is 4.93. The van der Waals surface area contributed by atoms with Gasteiger partial charge in [-0.3, -0.25) is 24.3 Å². The maximum Gasteiger partial charge on any atom is 0.262 e. The first-order valence-electron chi connectivity index (χ1n) is 6.77. The topological polar surface area (TPSA) is 164 Å². The van der Waals surface area contributed by atoms with Crippen LogP contribution in [0.3, 0.4) is 0 Å². The van der Waals surface area contributed by atoms with Crippen molar-refractivity contribution in [3.63, 3.8) is 0 Å². The summed E-state index contributed by atoms with van der Waals surface area (Å²) in [5, 5.41) is 7.19. The lowest BCUT2D eigenvalue weighted by Gasteiger charge is -2.14. The van der Waals surface area contributed by atoms with Crippen LogP contribution in [0.1, 0.15) is 20.7 Å². The van der Waals surface area contributed by atoms with Crippen molar-refractivity contribution in [2.45, 2.75) is 4.90 Å². The number of amides is 2. The Hall–Kier alpha value is -3.18. The molecule has 2 amide bonds. The predicted octanol–water partition coefficient (Wildman–Crippen LogP) is -1.04. The lowest BCUT2D eigenvalue weighted by Crippen LogP contribution is -2.24. The van der Waals surface area contributed by atoms with Gasteiger partial charge in [-0.15, -0.1) is 0 Å². The lowest BCUT2D eigenvalue weighted by atomic mass is 10.1. The van der Waals surface area contributed by atoms with E-state index in [2.05, 4.69) is 0 Å². The highest BCUT2D eigenvalue weighted by atomic mass is 32.2. The third-order valence-electron chi connectivity index (χ3n) is 3.67. The van der Waals surface area contributed by atoms with E-state index in [1.54, 1.807) is 0 Å². The van der Waals surface area contributed by atoms with E-state index in [9.17, 15) is 22.8 Å². The van der Waals surface area contributed by atoms with Gasteiger partial charge in [-0.1, -0.05) is 0 Å². The SMILES string of the molecule is COc1ccc(-n2c(N)c3c(cc2=O)C(=O)NC3=O)cc1S(N)(=O)=O. The zero-order chi connectivity index (χ0) is 18.5. The van der Waals surface area contributed by atoms with Gasteiger partial charge in [0.25, 0.3) is 17.4 Å². The number of benzene rings is 1. The minimum Gasteiger partial charge on any atom is -0.495 e. The largest absolute Gasteiger partial charge is 0.495 e. The van der Waals surface area contributed by atoms with Crippen LogP contribution in [0.4, 0.5) is 5.82 Å². The van der Waals surface area contributed by atoms with Crippen LogP contribution in [0.25, 0.3) is 5.69 Å². The fraction of sp³-hybridized carbons (Fsp3) is 0.0714. The molecule has 10 nitrogen and oxygen atoms in total. The van der Waals surface area contributed by atoms with Gasteiger partial charge in [0.05, 0.1) is 23.9 Å². The number of anilines is 1. The summed E-state index contributed by atoms with van der Waals surface area (Å²) in [6.45, 7) is 0. The number of primary sulfonamides is 1. The first-order chi connectivity index (χ1) is 11.6. The zero-order valence-electron chi connectivity index (χ0n) is 12.8. The summed E-state index contributed by atoms with van der Waals surface area (Å²) in [7, 11) is -2.89. The van der Waals surface area contributed by atoms with Crippen LogP contribution < -0.4 is 26.5 Å². The number of hydrogen-bond donors (Lipinski definition) is 3. The van der Waals surface area contributed by atoms with Gasteiger partial charge in [0, 0.05) is 6.07 Å². The Morgan fingerprint density at radius 3 is 2.40 bits per heavy atom. The molecule has 0 atom stereocenters. The molecule has 1 aromatic heterocycles. The highest BCUT2D eigenvalue weighted by Gasteiger charge is 2.32. The molecule has 0 fully saturated rings. The predicted molar refractivity (Wildman–Crippen MR) is 86.2 cm³/mol. The lowest BCUT2D eigenvalue weighted by molar-refractivity contribution is 0.0880. The van der Waals surface area contributed by atoms with Crippen LogP contribution in [0.5, 0.6) is 5.75 Å². The number of aromatic nitrogens is 1. The van der Waals surface area contributed by atoms with Gasteiger partial charge in [-0.05, 0) is 18.2 Å². The number of ether oxygens (including phenoxy) is 1. The second-order valence-corrected chi connectivity index (χ2v) is 6.69. The van der Waals surface area contributed by atoms with Crippen molar-refractivity contribution in [3.8, 4) is 11.4 Å². The number of carbonyl (C=O) groups is 2. The maximum absolute atomic E-state index is 12.3. The molecule has 0 radical (unpaired) electrons. The standard InChI is InChI=1S/C14H12N4O6S/c1-24-8-3-2-6(4-9(8)25(16,22)23)18-10(19)5-7-11(12(18)15)14(21)17-13(7)20/h2-5H,15H2,1H3,(H2,16,22,23)(H,17,20,21). The number of fused-ring (bicyclic) bond motifs is 1. The van der Waals surface area contributed by atoms with E-state index in [4.69, 9.17) is 15.6 Å². The van der Waals surface area contributed by atoms with Crippen LogP contribution in [-0.2, 0) is 10.0 Å². The molecule has 11 heteroatoms. The first-order valence-corrected chi connectivity index (χ1v) is 8.32. The summed E-state index contributed by atoms with van der Waals surface area (Å²) in [5.74, 6) is -1.79. The zero-order valence-corrected chi connectivity index (χ0v) is 13.6. The van der Waals surface area contributed by atoms with Gasteiger partial charge in [-0.2, -0.15) is 0 Å². The molecular formula is C14H12N4O6S. The van der Waals surface area contributed by atoms with Crippen molar-refractivity contribution >= 4 is 27.7 Å². The molecule has 2 aromatic rings. The van der Waals surface area contributed by atoms with Crippen LogP contribution >= 0.6 is 0 Å². The summed E-state index contributed by atoms with van der Waals surface area (Å²) >= 11 is 0. The monoisotopic (exact) mass is 364 g/mol. The molecule has 25 heavy (non-hydrogen) atoms. The van der Waals surface area contributed by atoms with Crippen molar-refractivity contribution in [3.05, 3.63) is 45.7 Å². The van der Waals surface area contributed by atoms with Gasteiger partial charge < -0.3 is 10.5 Å². The van der Waals surface area contributed by atoms with Crippen LogP contribution in [0, 0.1) is 0 Å². The number of nitrogens with two attached hydrogens (primary N) is 2. The van der Waals surface area contributed by atoms with E-state index in [0.717, 1.165) is 16.7 Å². The Morgan fingerprint density at radius 1 is 1.12 bits per heavy atom. The van der Waals surface area contributed by atoms with E-state index in [-0.39, 0.29) is 33.3 Å². The molecule has 0 aliphatic carbocycles. The van der Waals surface area contributed by atoms with Crippen molar-refractivity contribution in [2.24, 2.45) is 5.14 Å². The number of hydrogen-bond acceptors (Lipinski definition) is 7. The number of nitrogens with one attached hydrogen (secondary N) is 1. The molecule has 1 aliphatic heterocycles. The highest BCUT2D eigenvalue weighted by molar-refractivity contribution is 7.89. The minimum atomic E-state index is -4.15. The summed E-state index contributed by atoms with van der Waals surface area (Å²) in [4.78, 5) is 35.5. The van der Waals surface area contributed by atoms with Gasteiger partial charge in [0.1, 0.15) is 16.5 Å². The Morgan fingerprint density at radius 2 is 1.80 bits per heavy atom. The molecule has 0 spiro atoms. The number of pyridine rings is 1. The van der Waals surface area contributed by atoms with Crippen molar-refractivity contribution in [1.29, 1.82) is 0 Å². The molecule has 5 N–H and O–H groups in total. The molecule has 1 aliphatic rings. The third-order valence-corrected chi connectivity index (χ3v) is 4.60. The Bertz CT molecular complexity index is 1100. The smallest absolute Gasteiger partial charge is 0.262 e. The quantitative estimate of drug-likeness (QED) is 0.585. The van der Waals surface area contributed by atoms with Gasteiger partial charge in [0.15, 0.2) is 0 Å². The number of nitrogens with zero attached hydrogens (tertiary/aromatic N) is 1. The summed E-state index contributed by atoms with van der Waals surface area (Å²) in [6.07, 6.45) is 0. The molecule has 1 aromatic carbocycles. The fourth-order valence-electron chi connectivity index (χ4n) is 2.57. The van der Waals surface area contributed by atoms with Crippen LogP contribution in [0.2, 0.25) is 0 Å². The highest BCUT2D eigenvalue weighted by Crippen LogP contribution is 2.28. The average molecular weight is 364 g/mol. The van der Waals surface area contributed by atoms with Crippen molar-refractivity contribution in [2.75, 3.05) is 12.8 Å². The fourth-order valence-corrected chi connectivity index (χ4v) is 3.29. The number of rotatable bonds is 3. The molecule has 2 heterocycles. The number of sulfonamides is 1. The maximum atomic E-state index is 12.3. The Balaban J connectivity index is 2.33. The number of carbonyl (C=O) groups excluding carboxylic acids is 2. The molecular weight excluding hydrogens is 352 g/mol. The van der Waals surface area contributed by atoms with Gasteiger partial charge in [-0.25, -0.2) is 13.6 Å². The van der Waals surface area contributed by atoms with Crippen molar-refractivity contribution < 1.29 is 22.7 Å². The Labute approximate surface area is 141 Å². The van der Waals surface area contributed by atoms with E-state index in [1.807, 2.05) is 5.32 Å². The molecule has 3 rings (SSSR count). The van der Waals surface area contributed by atoms with Gasteiger partial charge in [0.2, 0.25) is 10.0 Å². The average Bonchev–Trinajstić information content (AvgIpc) is 2.80. The minimum absolute atomic E-state index is 0.0213. The first kappa shape index (κ1) is 16.7. The van der Waals surface area contributed by atoms with E-state index in [0.29, 0.717) is 0 Å². The normalized spacial score (nSPS) is 13.5. The van der Waals surface area contributed by atoms with Crippen molar-refractivity contribution in [1.82, 2.24) is 9.88 Å². The summed E-state index contributed by atoms with van der Waals surface area (Å²) in [6, 6.07) is 4.70. The Kier molecular flexibility index (Phi) is 3.62. The van der Waals surface area contributed by atoms with E-state index in [1.165, 1.54) is 19.2 Å². The second kappa shape index (κ2) is 5.43. The number of nitrogen functional groups attached to an aromatic ring is 1. The van der Waals surface area contributed by atoms with E-state index >= 15 is 0 Å². The molecule has 130 valence electrons. The summed E-state index contributed by atoms with van der Waals surface area (Å²) < 4.78 is 29.3. The molecule has 0 unspecified atom stereocenters. The number of methoxy groups -OCH3 is 1. The van der Waals surface area contributed by atoms with Crippen LogP contribution in [0.15, 0.2) is 34.0 Å². The third kappa shape index (κ3) is 2.55. The number of imide groups is 1. The van der Waals surface area contributed by atoms with Crippen LogP contribution in [-0.4, -0.2) is 31.9 Å². The second-order valence-electron chi connectivity index (χ2n) is 5.16. The molecule has 0 saturated heterocycles. The molecule has 0 saturated carbocycles. The van der Waals surface area contributed by atoms with Gasteiger partial charge >= 0.3 is 0 Å². The molecule has 0 bridgehead atoms. The van der Waals surface area contributed by atoms with E-state index < -0.39 is 27.4 Å².